The Hall–Kier alpha value is -1.81. The molecule has 0 bridgehead atoms. The van der Waals surface area contributed by atoms with Gasteiger partial charge in [-0.15, -0.1) is 24.0 Å². The molecule has 170 valence electrons. The first kappa shape index (κ1) is 25.5. The molecule has 31 heavy (non-hydrogen) atoms. The predicted octanol–water partition coefficient (Wildman–Crippen LogP) is 3.99. The fraction of sp³-hybridized carbons (Fsp3) is 0.435. The number of benzene rings is 2. The zero-order valence-corrected chi connectivity index (χ0v) is 21.4. The van der Waals surface area contributed by atoms with E-state index in [1.807, 2.05) is 13.0 Å². The average molecular weight is 557 g/mol. The van der Waals surface area contributed by atoms with Gasteiger partial charge in [-0.1, -0.05) is 30.3 Å². The molecule has 1 atom stereocenters. The van der Waals surface area contributed by atoms with Crippen molar-refractivity contribution in [3.8, 4) is 0 Å². The molecule has 1 aliphatic rings. The second kappa shape index (κ2) is 12.3. The van der Waals surface area contributed by atoms with Crippen molar-refractivity contribution in [2.24, 2.45) is 4.99 Å². The van der Waals surface area contributed by atoms with Crippen LogP contribution < -0.4 is 15.5 Å². The summed E-state index contributed by atoms with van der Waals surface area (Å²) in [5.74, 6) is 0.603. The van der Waals surface area contributed by atoms with Gasteiger partial charge in [0.25, 0.3) is 0 Å². The van der Waals surface area contributed by atoms with E-state index in [2.05, 4.69) is 51.7 Å². The van der Waals surface area contributed by atoms with Gasteiger partial charge in [-0.25, -0.2) is 8.42 Å². The highest BCUT2D eigenvalue weighted by atomic mass is 127. The molecule has 0 spiro atoms. The number of nitrogens with one attached hydrogen (secondary N) is 2. The van der Waals surface area contributed by atoms with Crippen molar-refractivity contribution < 1.29 is 8.42 Å². The van der Waals surface area contributed by atoms with Crippen LogP contribution in [0.3, 0.4) is 0 Å². The number of hydrogen-bond donors (Lipinski definition) is 2. The standard InChI is InChI=1S/C23H32N4O2S.HI/c1-3-24-23(25-14-17-30(28,29)22-12-5-4-6-13-22)26-19(2)20-10-9-11-21(18-20)27-15-7-8-16-27;/h4-6,9-13,18-19H,3,7-8,14-17H2,1-2H3,(H2,24,25,26);1H. The first-order valence-electron chi connectivity index (χ1n) is 10.7. The van der Waals surface area contributed by atoms with Crippen molar-refractivity contribution in [2.45, 2.75) is 37.6 Å². The first-order valence-corrected chi connectivity index (χ1v) is 12.3. The molecule has 1 unspecified atom stereocenters. The molecule has 0 aromatic heterocycles. The molecule has 8 heteroatoms. The zero-order valence-electron chi connectivity index (χ0n) is 18.3. The third-order valence-electron chi connectivity index (χ3n) is 5.27. The summed E-state index contributed by atoms with van der Waals surface area (Å²) in [6.07, 6.45) is 2.50. The molecule has 0 amide bonds. The molecule has 1 heterocycles. The molecule has 1 aliphatic heterocycles. The lowest BCUT2D eigenvalue weighted by molar-refractivity contribution is 0.595. The maximum atomic E-state index is 12.5. The Morgan fingerprint density at radius 2 is 1.81 bits per heavy atom. The second-order valence-corrected chi connectivity index (χ2v) is 9.66. The minimum absolute atomic E-state index is 0. The van der Waals surface area contributed by atoms with E-state index in [9.17, 15) is 8.42 Å². The predicted molar refractivity (Wildman–Crippen MR) is 139 cm³/mol. The van der Waals surface area contributed by atoms with Gasteiger partial charge in [0, 0.05) is 25.3 Å². The Kier molecular flexibility index (Phi) is 10.1. The van der Waals surface area contributed by atoms with E-state index in [0.29, 0.717) is 17.4 Å². The van der Waals surface area contributed by atoms with Crippen LogP contribution >= 0.6 is 24.0 Å². The molecule has 2 N–H and O–H groups in total. The smallest absolute Gasteiger partial charge is 0.191 e. The number of rotatable bonds is 8. The van der Waals surface area contributed by atoms with Gasteiger partial charge in [0.15, 0.2) is 15.8 Å². The minimum Gasteiger partial charge on any atom is -0.372 e. The lowest BCUT2D eigenvalue weighted by Gasteiger charge is -2.22. The molecule has 0 aliphatic carbocycles. The van der Waals surface area contributed by atoms with Crippen LogP contribution in [0, 0.1) is 0 Å². The van der Waals surface area contributed by atoms with E-state index in [-0.39, 0.29) is 42.3 Å². The van der Waals surface area contributed by atoms with Crippen LogP contribution in [0.1, 0.15) is 38.3 Å². The maximum Gasteiger partial charge on any atom is 0.191 e. The summed E-state index contributed by atoms with van der Waals surface area (Å²) in [5.41, 5.74) is 2.44. The molecule has 1 saturated heterocycles. The number of guanidine groups is 1. The summed E-state index contributed by atoms with van der Waals surface area (Å²) in [7, 11) is -3.33. The van der Waals surface area contributed by atoms with Gasteiger partial charge in [0.2, 0.25) is 0 Å². The third kappa shape index (κ3) is 7.38. The van der Waals surface area contributed by atoms with Crippen molar-refractivity contribution in [3.63, 3.8) is 0 Å². The maximum absolute atomic E-state index is 12.5. The summed E-state index contributed by atoms with van der Waals surface area (Å²) >= 11 is 0. The minimum atomic E-state index is -3.33. The highest BCUT2D eigenvalue weighted by molar-refractivity contribution is 14.0. The van der Waals surface area contributed by atoms with E-state index < -0.39 is 9.84 Å². The molecule has 2 aromatic carbocycles. The fourth-order valence-electron chi connectivity index (χ4n) is 3.60. The summed E-state index contributed by atoms with van der Waals surface area (Å²) in [6, 6.07) is 17.2. The van der Waals surface area contributed by atoms with E-state index in [4.69, 9.17) is 0 Å². The van der Waals surface area contributed by atoms with Crippen LogP contribution in [0.2, 0.25) is 0 Å². The lowest BCUT2D eigenvalue weighted by atomic mass is 10.1. The molecule has 2 aromatic rings. The fourth-order valence-corrected chi connectivity index (χ4v) is 4.74. The molecular weight excluding hydrogens is 523 g/mol. The SMILES string of the molecule is CCNC(=NCCS(=O)(=O)c1ccccc1)NC(C)c1cccc(N2CCCC2)c1.I. The van der Waals surface area contributed by atoms with E-state index in [0.717, 1.165) is 13.1 Å². The lowest BCUT2D eigenvalue weighted by Crippen LogP contribution is -2.39. The highest BCUT2D eigenvalue weighted by Crippen LogP contribution is 2.24. The number of nitrogens with zero attached hydrogens (tertiary/aromatic N) is 2. The van der Waals surface area contributed by atoms with Crippen LogP contribution in [-0.2, 0) is 9.84 Å². The first-order chi connectivity index (χ1) is 14.5. The summed E-state index contributed by atoms with van der Waals surface area (Å²) < 4.78 is 24.9. The number of aliphatic imine (C=N–C) groups is 1. The van der Waals surface area contributed by atoms with E-state index >= 15 is 0 Å². The molecule has 6 nitrogen and oxygen atoms in total. The van der Waals surface area contributed by atoms with Crippen LogP contribution in [0.15, 0.2) is 64.5 Å². The van der Waals surface area contributed by atoms with Crippen molar-refractivity contribution in [3.05, 3.63) is 60.2 Å². The molecule has 1 fully saturated rings. The summed E-state index contributed by atoms with van der Waals surface area (Å²) in [4.78, 5) is 7.25. The Morgan fingerprint density at radius 3 is 2.48 bits per heavy atom. The largest absolute Gasteiger partial charge is 0.372 e. The van der Waals surface area contributed by atoms with Gasteiger partial charge < -0.3 is 15.5 Å². The number of sulfone groups is 1. The van der Waals surface area contributed by atoms with Crippen molar-refractivity contribution >= 4 is 45.5 Å². The molecule has 0 radical (unpaired) electrons. The Bertz CT molecular complexity index is 945. The number of hydrogen-bond acceptors (Lipinski definition) is 4. The van der Waals surface area contributed by atoms with Gasteiger partial charge >= 0.3 is 0 Å². The van der Waals surface area contributed by atoms with Gasteiger partial charge in [-0.2, -0.15) is 0 Å². The highest BCUT2D eigenvalue weighted by Gasteiger charge is 2.16. The third-order valence-corrected chi connectivity index (χ3v) is 6.98. The zero-order chi connectivity index (χ0) is 21.4. The van der Waals surface area contributed by atoms with Gasteiger partial charge in [-0.3, -0.25) is 4.99 Å². The van der Waals surface area contributed by atoms with Crippen LogP contribution in [-0.4, -0.2) is 46.3 Å². The number of halogens is 1. The van der Waals surface area contributed by atoms with E-state index in [1.165, 1.54) is 24.1 Å². The Labute approximate surface area is 203 Å². The van der Waals surface area contributed by atoms with Crippen LogP contribution in [0.25, 0.3) is 0 Å². The van der Waals surface area contributed by atoms with Gasteiger partial charge in [0.05, 0.1) is 23.2 Å². The normalized spacial score (nSPS) is 15.3. The topological polar surface area (TPSA) is 73.8 Å². The van der Waals surface area contributed by atoms with Gasteiger partial charge in [0.1, 0.15) is 0 Å². The second-order valence-electron chi connectivity index (χ2n) is 7.55. The van der Waals surface area contributed by atoms with Crippen LogP contribution in [0.5, 0.6) is 0 Å². The van der Waals surface area contributed by atoms with Crippen molar-refractivity contribution in [2.75, 3.05) is 36.8 Å². The quantitative estimate of drug-likeness (QED) is 0.292. The van der Waals surface area contributed by atoms with Crippen molar-refractivity contribution in [1.82, 2.24) is 10.6 Å². The Balaban J connectivity index is 0.00000341. The average Bonchev–Trinajstić information content (AvgIpc) is 3.29. The molecular formula is C23H33IN4O2S. The van der Waals surface area contributed by atoms with Crippen LogP contribution in [0.4, 0.5) is 5.69 Å². The summed E-state index contributed by atoms with van der Waals surface area (Å²) in [6.45, 7) is 7.23. The molecule has 3 rings (SSSR count). The number of anilines is 1. The van der Waals surface area contributed by atoms with Gasteiger partial charge in [-0.05, 0) is 56.5 Å². The monoisotopic (exact) mass is 556 g/mol. The molecule has 0 saturated carbocycles. The van der Waals surface area contributed by atoms with E-state index in [1.54, 1.807) is 24.3 Å². The Morgan fingerprint density at radius 1 is 1.10 bits per heavy atom. The van der Waals surface area contributed by atoms with Crippen molar-refractivity contribution in [1.29, 1.82) is 0 Å². The summed E-state index contributed by atoms with van der Waals surface area (Å²) in [5, 5.41) is 6.62.